The minimum atomic E-state index is -1.17. The predicted octanol–water partition coefficient (Wildman–Crippen LogP) is -0.370. The molecule has 0 saturated carbocycles. The van der Waals surface area contributed by atoms with Crippen molar-refractivity contribution >= 4 is 29.5 Å². The molecule has 2 aromatic rings. The highest BCUT2D eigenvalue weighted by atomic mass is 16.3. The van der Waals surface area contributed by atoms with Crippen LogP contribution in [0.15, 0.2) is 54.6 Å². The van der Waals surface area contributed by atoms with Crippen LogP contribution in [0.2, 0.25) is 0 Å². The Morgan fingerprint density at radius 3 is 1.71 bits per heavy atom. The molecule has 2 aliphatic heterocycles. The molecule has 0 aromatic heterocycles. The van der Waals surface area contributed by atoms with Gasteiger partial charge in [0.1, 0.15) is 36.0 Å². The first-order valence-electron chi connectivity index (χ1n) is 17.6. The fraction of sp³-hybridized carbons (Fsp3) is 0.541. The lowest BCUT2D eigenvalue weighted by atomic mass is 9.89. The molecule has 2 aromatic carbocycles. The van der Waals surface area contributed by atoms with E-state index in [2.05, 4.69) is 37.2 Å². The first-order chi connectivity index (χ1) is 24.2. The van der Waals surface area contributed by atoms with Crippen LogP contribution in [0, 0.1) is 11.8 Å². The van der Waals surface area contributed by atoms with E-state index in [0.29, 0.717) is 18.7 Å². The third kappa shape index (κ3) is 11.0. The van der Waals surface area contributed by atoms with Gasteiger partial charge in [-0.15, -0.1) is 0 Å². The number of benzene rings is 2. The van der Waals surface area contributed by atoms with E-state index < -0.39 is 71.4 Å². The van der Waals surface area contributed by atoms with Crippen LogP contribution in [0.1, 0.15) is 52.2 Å². The summed E-state index contributed by atoms with van der Waals surface area (Å²) in [5.74, 6) is -3.23. The van der Waals surface area contributed by atoms with Crippen molar-refractivity contribution in [3.8, 4) is 5.75 Å². The fourth-order valence-electron chi connectivity index (χ4n) is 6.24. The molecule has 4 rings (SSSR count). The SMILES string of the molecule is CC(C)C[C@@H]1NC(=O)[C@H](Cc2ccccc2)NC(=O)[C@H]([C@@H](C)O)NC2(CNC2)CNC(=O)[C@H](C(C)C)NC(=O)[C@H](Cc2ccc(O)cc2)NC1=O. The Labute approximate surface area is 299 Å². The van der Waals surface area contributed by atoms with Gasteiger partial charge in [-0.3, -0.25) is 29.3 Å². The number of carbonyl (C=O) groups is 5. The normalized spacial score (nSPS) is 25.8. The van der Waals surface area contributed by atoms with Gasteiger partial charge in [-0.2, -0.15) is 0 Å². The number of aliphatic hydroxyl groups excluding tert-OH is 1. The largest absolute Gasteiger partial charge is 0.508 e. The van der Waals surface area contributed by atoms with Crippen LogP contribution in [0.25, 0.3) is 0 Å². The maximum Gasteiger partial charge on any atom is 0.243 e. The molecule has 0 aliphatic carbocycles. The molecule has 0 unspecified atom stereocenters. The number of aliphatic hydroxyl groups is 1. The Morgan fingerprint density at radius 1 is 0.647 bits per heavy atom. The molecule has 14 heteroatoms. The summed E-state index contributed by atoms with van der Waals surface area (Å²) >= 11 is 0. The van der Waals surface area contributed by atoms with Gasteiger partial charge >= 0.3 is 0 Å². The Balaban J connectivity index is 1.74. The van der Waals surface area contributed by atoms with Gasteiger partial charge in [0, 0.05) is 32.5 Å². The highest BCUT2D eigenvalue weighted by molar-refractivity contribution is 5.96. The summed E-state index contributed by atoms with van der Waals surface area (Å²) < 4.78 is 0. The maximum atomic E-state index is 14.0. The molecule has 2 saturated heterocycles. The summed E-state index contributed by atoms with van der Waals surface area (Å²) in [6.45, 7) is 9.67. The first kappa shape index (κ1) is 39.3. The van der Waals surface area contributed by atoms with E-state index in [1.807, 2.05) is 44.2 Å². The Morgan fingerprint density at radius 2 is 1.18 bits per heavy atom. The average Bonchev–Trinajstić information content (AvgIpc) is 3.05. The monoisotopic (exact) mass is 707 g/mol. The number of hydrogen-bond donors (Lipinski definition) is 9. The van der Waals surface area contributed by atoms with Gasteiger partial charge in [0.25, 0.3) is 0 Å². The van der Waals surface area contributed by atoms with Gasteiger partial charge in [-0.1, -0.05) is 70.2 Å². The molecule has 5 amide bonds. The standard InChI is InChI=1S/C37H53N7O7/c1-21(2)15-27-32(47)41-29(17-25-11-13-26(46)14-12-25)34(49)43-30(22(3)4)35(50)39-20-37(18-38-19-37)44-31(23(5)45)36(51)42-28(33(48)40-27)16-24-9-7-6-8-10-24/h6-14,21-23,27-31,38,44-46H,15-20H2,1-5H3,(H,39,50)(H,40,48)(H,41,47)(H,42,51)(H,43,49)/t23-,27+,28+,29+,30+,31+/m1/s1. The zero-order valence-corrected chi connectivity index (χ0v) is 30.0. The summed E-state index contributed by atoms with van der Waals surface area (Å²) in [5, 5.41) is 41.2. The number of nitrogens with one attached hydrogen (secondary N) is 7. The van der Waals surface area contributed by atoms with Crippen molar-refractivity contribution in [2.24, 2.45) is 11.8 Å². The molecule has 2 heterocycles. The van der Waals surface area contributed by atoms with Crippen LogP contribution in [-0.4, -0.2) is 101 Å². The summed E-state index contributed by atoms with van der Waals surface area (Å²) in [7, 11) is 0. The van der Waals surface area contributed by atoms with E-state index in [1.165, 1.54) is 19.1 Å². The van der Waals surface area contributed by atoms with Crippen LogP contribution in [0.5, 0.6) is 5.75 Å². The van der Waals surface area contributed by atoms with Gasteiger partial charge in [-0.05, 0) is 48.4 Å². The number of aromatic hydroxyl groups is 1. The van der Waals surface area contributed by atoms with E-state index in [-0.39, 0.29) is 43.4 Å². The van der Waals surface area contributed by atoms with Crippen LogP contribution in [-0.2, 0) is 36.8 Å². The second-order valence-corrected chi connectivity index (χ2v) is 14.6. The van der Waals surface area contributed by atoms with Gasteiger partial charge in [0.2, 0.25) is 29.5 Å². The molecule has 278 valence electrons. The predicted molar refractivity (Wildman–Crippen MR) is 191 cm³/mol. The smallest absolute Gasteiger partial charge is 0.243 e. The minimum Gasteiger partial charge on any atom is -0.508 e. The second kappa shape index (κ2) is 17.6. The molecule has 51 heavy (non-hydrogen) atoms. The van der Waals surface area contributed by atoms with Crippen LogP contribution < -0.4 is 37.2 Å². The quantitative estimate of drug-likeness (QED) is 0.175. The van der Waals surface area contributed by atoms with E-state index in [9.17, 15) is 34.2 Å². The van der Waals surface area contributed by atoms with Gasteiger partial charge in [-0.25, -0.2) is 0 Å². The Bertz CT molecular complexity index is 1510. The summed E-state index contributed by atoms with van der Waals surface area (Å²) in [5.41, 5.74) is 0.606. The number of amides is 5. The fourth-order valence-corrected chi connectivity index (χ4v) is 6.24. The van der Waals surface area contributed by atoms with E-state index >= 15 is 0 Å². The number of phenolic OH excluding ortho intramolecular Hbond substituents is 1. The molecule has 14 nitrogen and oxygen atoms in total. The molecule has 9 N–H and O–H groups in total. The van der Waals surface area contributed by atoms with Crippen molar-refractivity contribution in [2.45, 2.75) is 95.7 Å². The number of hydrogen-bond acceptors (Lipinski definition) is 9. The molecular weight excluding hydrogens is 654 g/mol. The van der Waals surface area contributed by atoms with E-state index in [0.717, 1.165) is 5.56 Å². The zero-order chi connectivity index (χ0) is 37.3. The first-order valence-corrected chi connectivity index (χ1v) is 17.6. The maximum absolute atomic E-state index is 14.0. The number of phenols is 1. The molecule has 0 radical (unpaired) electrons. The van der Waals surface area contributed by atoms with Crippen LogP contribution in [0.3, 0.4) is 0 Å². The van der Waals surface area contributed by atoms with Crippen LogP contribution in [0.4, 0.5) is 0 Å². The summed E-state index contributed by atoms with van der Waals surface area (Å²) in [6.07, 6.45) is -0.802. The number of rotatable bonds is 8. The lowest BCUT2D eigenvalue weighted by Gasteiger charge is -2.46. The third-order valence-electron chi connectivity index (χ3n) is 9.27. The molecule has 1 spiro atoms. The van der Waals surface area contributed by atoms with Crippen molar-refractivity contribution in [2.75, 3.05) is 19.6 Å². The van der Waals surface area contributed by atoms with Crippen molar-refractivity contribution in [1.29, 1.82) is 0 Å². The minimum absolute atomic E-state index is 0.0404. The van der Waals surface area contributed by atoms with Gasteiger partial charge < -0.3 is 42.1 Å². The topological polar surface area (TPSA) is 210 Å². The summed E-state index contributed by atoms with van der Waals surface area (Å²) in [6, 6.07) is 9.87. The van der Waals surface area contributed by atoms with Crippen molar-refractivity contribution in [3.63, 3.8) is 0 Å². The second-order valence-electron chi connectivity index (χ2n) is 14.6. The van der Waals surface area contributed by atoms with E-state index in [1.54, 1.807) is 26.0 Å². The van der Waals surface area contributed by atoms with Crippen LogP contribution >= 0.6 is 0 Å². The molecule has 2 fully saturated rings. The lowest BCUT2D eigenvalue weighted by molar-refractivity contribution is -0.136. The van der Waals surface area contributed by atoms with Gasteiger partial charge in [0.05, 0.1) is 11.6 Å². The Hall–Kier alpha value is -4.53. The summed E-state index contributed by atoms with van der Waals surface area (Å²) in [4.78, 5) is 69.5. The van der Waals surface area contributed by atoms with Crippen molar-refractivity contribution in [1.82, 2.24) is 37.2 Å². The molecule has 6 atom stereocenters. The molecule has 2 aliphatic rings. The van der Waals surface area contributed by atoms with Gasteiger partial charge in [0.15, 0.2) is 0 Å². The van der Waals surface area contributed by atoms with Crippen molar-refractivity contribution < 1.29 is 34.2 Å². The highest BCUT2D eigenvalue weighted by Crippen LogP contribution is 2.16. The average molecular weight is 708 g/mol. The zero-order valence-electron chi connectivity index (χ0n) is 30.0. The lowest BCUT2D eigenvalue weighted by Crippen LogP contribution is -2.76. The Kier molecular flexibility index (Phi) is 13.6. The highest BCUT2D eigenvalue weighted by Gasteiger charge is 2.43. The third-order valence-corrected chi connectivity index (χ3v) is 9.27. The molecule has 0 bridgehead atoms. The van der Waals surface area contributed by atoms with E-state index in [4.69, 9.17) is 0 Å². The number of carbonyl (C=O) groups excluding carboxylic acids is 5. The van der Waals surface area contributed by atoms with Crippen molar-refractivity contribution in [3.05, 3.63) is 65.7 Å². The molecular formula is C37H53N7O7.